The molecule has 0 bridgehead atoms. The molecular weight excluding hydrogens is 282 g/mol. The predicted molar refractivity (Wildman–Crippen MR) is 77.1 cm³/mol. The molecule has 0 aliphatic heterocycles. The first kappa shape index (κ1) is 14.1. The van der Waals surface area contributed by atoms with Crippen molar-refractivity contribution in [1.29, 1.82) is 0 Å². The molecule has 0 radical (unpaired) electrons. The van der Waals surface area contributed by atoms with Crippen molar-refractivity contribution < 1.29 is 0 Å². The molecule has 0 spiro atoms. The standard InChI is InChI=1S/C13H20BrNS/c1-4-10(2)9-16-13-7-12(14)6-5-11(13)8-15-3/h5-7,10,15H,4,8-9H2,1-3H3. The second-order valence-corrected chi connectivity index (χ2v) is 6.08. The highest BCUT2D eigenvalue weighted by Crippen LogP contribution is 2.28. The minimum atomic E-state index is 0.784. The van der Waals surface area contributed by atoms with Gasteiger partial charge in [-0.2, -0.15) is 0 Å². The van der Waals surface area contributed by atoms with E-state index in [0.29, 0.717) is 0 Å². The van der Waals surface area contributed by atoms with Gasteiger partial charge in [-0.05, 0) is 30.7 Å². The molecule has 1 nitrogen and oxygen atoms in total. The maximum Gasteiger partial charge on any atom is 0.0213 e. The van der Waals surface area contributed by atoms with Crippen LogP contribution in [0.25, 0.3) is 0 Å². The van der Waals surface area contributed by atoms with Gasteiger partial charge in [0.15, 0.2) is 0 Å². The van der Waals surface area contributed by atoms with Crippen molar-refractivity contribution in [3.63, 3.8) is 0 Å². The van der Waals surface area contributed by atoms with E-state index in [1.807, 2.05) is 18.8 Å². The molecule has 0 saturated carbocycles. The van der Waals surface area contributed by atoms with Crippen molar-refractivity contribution >= 4 is 27.7 Å². The fraction of sp³-hybridized carbons (Fsp3) is 0.538. The third kappa shape index (κ3) is 4.48. The summed E-state index contributed by atoms with van der Waals surface area (Å²) in [5, 5.41) is 3.22. The van der Waals surface area contributed by atoms with Crippen LogP contribution in [0.4, 0.5) is 0 Å². The van der Waals surface area contributed by atoms with E-state index in [9.17, 15) is 0 Å². The van der Waals surface area contributed by atoms with Gasteiger partial charge in [0.25, 0.3) is 0 Å². The molecule has 1 unspecified atom stereocenters. The Labute approximate surface area is 112 Å². The molecule has 0 saturated heterocycles. The fourth-order valence-electron chi connectivity index (χ4n) is 1.35. The van der Waals surface area contributed by atoms with Gasteiger partial charge in [-0.15, -0.1) is 11.8 Å². The molecule has 0 aromatic heterocycles. The number of halogens is 1. The zero-order valence-electron chi connectivity index (χ0n) is 10.2. The van der Waals surface area contributed by atoms with E-state index in [1.54, 1.807) is 0 Å². The summed E-state index contributed by atoms with van der Waals surface area (Å²) in [6.07, 6.45) is 1.25. The molecule has 0 aliphatic carbocycles. The van der Waals surface area contributed by atoms with Gasteiger partial charge in [-0.3, -0.25) is 0 Å². The van der Waals surface area contributed by atoms with Crippen LogP contribution in [0, 0.1) is 5.92 Å². The molecule has 1 aromatic carbocycles. The van der Waals surface area contributed by atoms with Gasteiger partial charge in [0, 0.05) is 21.7 Å². The summed E-state index contributed by atoms with van der Waals surface area (Å²) in [4.78, 5) is 1.39. The van der Waals surface area contributed by atoms with E-state index in [-0.39, 0.29) is 0 Å². The Bertz CT molecular complexity index is 328. The Morgan fingerprint density at radius 1 is 1.44 bits per heavy atom. The Hall–Kier alpha value is 0.01000. The number of hydrogen-bond donors (Lipinski definition) is 1. The van der Waals surface area contributed by atoms with Crippen molar-refractivity contribution in [2.24, 2.45) is 5.92 Å². The second-order valence-electron chi connectivity index (χ2n) is 4.11. The molecule has 1 aromatic rings. The van der Waals surface area contributed by atoms with Crippen molar-refractivity contribution in [3.8, 4) is 0 Å². The van der Waals surface area contributed by atoms with E-state index in [1.165, 1.54) is 27.1 Å². The van der Waals surface area contributed by atoms with Gasteiger partial charge in [-0.25, -0.2) is 0 Å². The summed E-state index contributed by atoms with van der Waals surface area (Å²) >= 11 is 5.50. The topological polar surface area (TPSA) is 12.0 Å². The Morgan fingerprint density at radius 3 is 2.81 bits per heavy atom. The van der Waals surface area contributed by atoms with Crippen LogP contribution in [-0.2, 0) is 6.54 Å². The van der Waals surface area contributed by atoms with Crippen LogP contribution in [0.5, 0.6) is 0 Å². The number of rotatable bonds is 6. The lowest BCUT2D eigenvalue weighted by Crippen LogP contribution is -2.06. The number of benzene rings is 1. The van der Waals surface area contributed by atoms with Gasteiger partial charge < -0.3 is 5.32 Å². The van der Waals surface area contributed by atoms with Gasteiger partial charge >= 0.3 is 0 Å². The van der Waals surface area contributed by atoms with Crippen LogP contribution < -0.4 is 5.32 Å². The summed E-state index contributed by atoms with van der Waals surface area (Å²) in [6, 6.07) is 6.53. The lowest BCUT2D eigenvalue weighted by atomic mass is 10.2. The highest BCUT2D eigenvalue weighted by molar-refractivity contribution is 9.10. The third-order valence-corrected chi connectivity index (χ3v) is 4.54. The lowest BCUT2D eigenvalue weighted by molar-refractivity contribution is 0.636. The summed E-state index contributed by atoms with van der Waals surface area (Å²) < 4.78 is 1.17. The summed E-state index contributed by atoms with van der Waals surface area (Å²) in [5.74, 6) is 1.98. The van der Waals surface area contributed by atoms with Crippen LogP contribution in [-0.4, -0.2) is 12.8 Å². The van der Waals surface area contributed by atoms with Crippen LogP contribution in [0.15, 0.2) is 27.6 Å². The molecule has 1 N–H and O–H groups in total. The largest absolute Gasteiger partial charge is 0.316 e. The van der Waals surface area contributed by atoms with E-state index in [0.717, 1.165) is 12.5 Å². The Kier molecular flexibility index (Phi) is 6.47. The molecule has 0 amide bonds. The first-order valence-corrected chi connectivity index (χ1v) is 7.51. The molecule has 3 heteroatoms. The normalized spacial score (nSPS) is 12.8. The van der Waals surface area contributed by atoms with Gasteiger partial charge in [0.1, 0.15) is 0 Å². The minimum absolute atomic E-state index is 0.784. The van der Waals surface area contributed by atoms with E-state index in [2.05, 4.69) is 53.3 Å². The molecule has 1 atom stereocenters. The van der Waals surface area contributed by atoms with Crippen LogP contribution in [0.2, 0.25) is 0 Å². The third-order valence-electron chi connectivity index (χ3n) is 2.62. The number of hydrogen-bond acceptors (Lipinski definition) is 2. The second kappa shape index (κ2) is 7.36. The predicted octanol–water partition coefficient (Wildman–Crippen LogP) is 4.31. The van der Waals surface area contributed by atoms with Crippen LogP contribution in [0.1, 0.15) is 25.8 Å². The molecule has 1 rings (SSSR count). The summed E-state index contributed by atoms with van der Waals surface area (Å²) in [6.45, 7) is 5.50. The van der Waals surface area contributed by atoms with Gasteiger partial charge in [-0.1, -0.05) is 42.3 Å². The van der Waals surface area contributed by atoms with E-state index >= 15 is 0 Å². The molecular formula is C13H20BrNS. The maximum atomic E-state index is 3.54. The maximum absolute atomic E-state index is 3.54. The highest BCUT2D eigenvalue weighted by atomic mass is 79.9. The van der Waals surface area contributed by atoms with Crippen molar-refractivity contribution in [2.45, 2.75) is 31.7 Å². The first-order chi connectivity index (χ1) is 7.67. The number of thioether (sulfide) groups is 1. The molecule has 0 fully saturated rings. The number of nitrogens with one attached hydrogen (secondary N) is 1. The average Bonchev–Trinajstić information content (AvgIpc) is 2.29. The monoisotopic (exact) mass is 301 g/mol. The fourth-order valence-corrected chi connectivity index (χ4v) is 3.10. The van der Waals surface area contributed by atoms with Gasteiger partial charge in [0.2, 0.25) is 0 Å². The average molecular weight is 302 g/mol. The van der Waals surface area contributed by atoms with Crippen molar-refractivity contribution in [1.82, 2.24) is 5.32 Å². The zero-order chi connectivity index (χ0) is 12.0. The Morgan fingerprint density at radius 2 is 2.19 bits per heavy atom. The van der Waals surface area contributed by atoms with Crippen molar-refractivity contribution in [3.05, 3.63) is 28.2 Å². The van der Waals surface area contributed by atoms with Crippen LogP contribution in [0.3, 0.4) is 0 Å². The SMILES string of the molecule is CCC(C)CSc1cc(Br)ccc1CNC. The van der Waals surface area contributed by atoms with Crippen molar-refractivity contribution in [2.75, 3.05) is 12.8 Å². The molecule has 0 heterocycles. The summed E-state index contributed by atoms with van der Waals surface area (Å²) in [5.41, 5.74) is 1.39. The lowest BCUT2D eigenvalue weighted by Gasteiger charge is -2.12. The quantitative estimate of drug-likeness (QED) is 0.786. The van der Waals surface area contributed by atoms with Gasteiger partial charge in [0.05, 0.1) is 0 Å². The van der Waals surface area contributed by atoms with E-state index in [4.69, 9.17) is 0 Å². The minimum Gasteiger partial charge on any atom is -0.316 e. The molecule has 16 heavy (non-hydrogen) atoms. The molecule has 90 valence electrons. The Balaban J connectivity index is 2.71. The zero-order valence-corrected chi connectivity index (χ0v) is 12.6. The first-order valence-electron chi connectivity index (χ1n) is 5.73. The smallest absolute Gasteiger partial charge is 0.0213 e. The van der Waals surface area contributed by atoms with E-state index < -0.39 is 0 Å². The van der Waals surface area contributed by atoms with Crippen LogP contribution >= 0.6 is 27.7 Å². The highest BCUT2D eigenvalue weighted by Gasteiger charge is 2.06. The summed E-state index contributed by atoms with van der Waals surface area (Å²) in [7, 11) is 1.99. The molecule has 0 aliphatic rings.